The molecule has 2 nitrogen and oxygen atoms in total. The van der Waals surface area contributed by atoms with Crippen molar-refractivity contribution in [2.24, 2.45) is 5.92 Å². The molecule has 1 N–H and O–H groups in total. The van der Waals surface area contributed by atoms with Gasteiger partial charge in [0.1, 0.15) is 0 Å². The largest absolute Gasteiger partial charge is 0.478 e. The second-order valence-corrected chi connectivity index (χ2v) is 3.18. The smallest absolute Gasteiger partial charge is 0.332 e. The SMILES string of the molecule is CCC1CCC(C(=O)O)=C1Cl. The van der Waals surface area contributed by atoms with Crippen LogP contribution >= 0.6 is 11.6 Å². The molecule has 11 heavy (non-hydrogen) atoms. The Kier molecular flexibility index (Phi) is 2.55. The number of hydrogen-bond acceptors (Lipinski definition) is 1. The third-order valence-corrected chi connectivity index (χ3v) is 2.68. The summed E-state index contributed by atoms with van der Waals surface area (Å²) in [5.74, 6) is -0.561. The number of carboxylic acid groups (broad SMARTS) is 1. The molecule has 1 aliphatic carbocycles. The van der Waals surface area contributed by atoms with Crippen LogP contribution in [0, 0.1) is 5.92 Å². The van der Waals surface area contributed by atoms with Crippen molar-refractivity contribution in [1.29, 1.82) is 0 Å². The van der Waals surface area contributed by atoms with Crippen LogP contribution in [0.25, 0.3) is 0 Å². The van der Waals surface area contributed by atoms with Crippen molar-refractivity contribution in [3.8, 4) is 0 Å². The lowest BCUT2D eigenvalue weighted by atomic mass is 10.1. The van der Waals surface area contributed by atoms with Gasteiger partial charge in [-0.15, -0.1) is 0 Å². The summed E-state index contributed by atoms with van der Waals surface area (Å²) in [6.07, 6.45) is 2.47. The van der Waals surface area contributed by atoms with E-state index < -0.39 is 5.97 Å². The van der Waals surface area contributed by atoms with Gasteiger partial charge in [-0.25, -0.2) is 4.79 Å². The maximum Gasteiger partial charge on any atom is 0.332 e. The number of carboxylic acids is 1. The summed E-state index contributed by atoms with van der Waals surface area (Å²) in [5, 5.41) is 9.22. The Morgan fingerprint density at radius 3 is 2.73 bits per heavy atom. The summed E-state index contributed by atoms with van der Waals surface area (Å²) in [4.78, 5) is 10.5. The Morgan fingerprint density at radius 2 is 2.45 bits per heavy atom. The van der Waals surface area contributed by atoms with Crippen molar-refractivity contribution in [2.45, 2.75) is 26.2 Å². The van der Waals surface area contributed by atoms with Gasteiger partial charge in [0.25, 0.3) is 0 Å². The molecule has 0 amide bonds. The summed E-state index contributed by atoms with van der Waals surface area (Å²) in [6.45, 7) is 2.03. The normalized spacial score (nSPS) is 24.4. The van der Waals surface area contributed by atoms with Gasteiger partial charge in [-0.2, -0.15) is 0 Å². The van der Waals surface area contributed by atoms with E-state index in [0.717, 1.165) is 12.8 Å². The summed E-state index contributed by atoms with van der Waals surface area (Å²) in [6, 6.07) is 0. The highest BCUT2D eigenvalue weighted by Gasteiger charge is 2.26. The average Bonchev–Trinajstić information content (AvgIpc) is 2.30. The lowest BCUT2D eigenvalue weighted by molar-refractivity contribution is -0.132. The van der Waals surface area contributed by atoms with Gasteiger partial charge in [0.2, 0.25) is 0 Å². The number of halogens is 1. The fourth-order valence-electron chi connectivity index (χ4n) is 1.40. The van der Waals surface area contributed by atoms with Crippen molar-refractivity contribution in [3.63, 3.8) is 0 Å². The molecule has 62 valence electrons. The quantitative estimate of drug-likeness (QED) is 0.698. The van der Waals surface area contributed by atoms with Crippen LogP contribution in [0.4, 0.5) is 0 Å². The third-order valence-electron chi connectivity index (χ3n) is 2.14. The summed E-state index contributed by atoms with van der Waals surface area (Å²) < 4.78 is 0. The van der Waals surface area contributed by atoms with E-state index in [9.17, 15) is 4.79 Å². The van der Waals surface area contributed by atoms with Crippen LogP contribution in [0.1, 0.15) is 26.2 Å². The fraction of sp³-hybridized carbons (Fsp3) is 0.625. The van der Waals surface area contributed by atoms with Gasteiger partial charge in [0, 0.05) is 5.03 Å². The van der Waals surface area contributed by atoms with E-state index in [1.807, 2.05) is 6.92 Å². The second-order valence-electron chi connectivity index (χ2n) is 2.78. The Balaban J connectivity index is 2.80. The van der Waals surface area contributed by atoms with E-state index in [0.29, 0.717) is 22.9 Å². The second kappa shape index (κ2) is 3.26. The highest BCUT2D eigenvalue weighted by atomic mass is 35.5. The molecule has 1 unspecified atom stereocenters. The lowest BCUT2D eigenvalue weighted by Crippen LogP contribution is -1.98. The minimum atomic E-state index is -0.856. The Bertz CT molecular complexity index is 208. The van der Waals surface area contributed by atoms with E-state index in [2.05, 4.69) is 0 Å². The number of aliphatic carboxylic acids is 1. The van der Waals surface area contributed by atoms with Crippen molar-refractivity contribution in [3.05, 3.63) is 10.6 Å². The molecule has 0 radical (unpaired) electrons. The van der Waals surface area contributed by atoms with Crippen molar-refractivity contribution in [1.82, 2.24) is 0 Å². The van der Waals surface area contributed by atoms with E-state index in [-0.39, 0.29) is 0 Å². The van der Waals surface area contributed by atoms with Crippen LogP contribution in [-0.4, -0.2) is 11.1 Å². The van der Waals surface area contributed by atoms with Crippen LogP contribution in [0.5, 0.6) is 0 Å². The van der Waals surface area contributed by atoms with Crippen molar-refractivity contribution in [2.75, 3.05) is 0 Å². The minimum absolute atomic E-state index is 0.294. The van der Waals surface area contributed by atoms with Gasteiger partial charge in [0.15, 0.2) is 0 Å². The first-order valence-electron chi connectivity index (χ1n) is 3.78. The zero-order chi connectivity index (χ0) is 8.43. The predicted molar refractivity (Wildman–Crippen MR) is 43.5 cm³/mol. The van der Waals surface area contributed by atoms with Gasteiger partial charge in [0.05, 0.1) is 5.57 Å². The number of hydrogen-bond donors (Lipinski definition) is 1. The highest BCUT2D eigenvalue weighted by molar-refractivity contribution is 6.32. The fourth-order valence-corrected chi connectivity index (χ4v) is 1.84. The maximum atomic E-state index is 10.5. The minimum Gasteiger partial charge on any atom is -0.478 e. The molecule has 0 aromatic carbocycles. The van der Waals surface area contributed by atoms with Gasteiger partial charge in [-0.3, -0.25) is 0 Å². The van der Waals surface area contributed by atoms with Crippen LogP contribution in [-0.2, 0) is 4.79 Å². The van der Waals surface area contributed by atoms with Gasteiger partial charge < -0.3 is 5.11 Å². The molecule has 1 rings (SSSR count). The zero-order valence-corrected chi connectivity index (χ0v) is 7.19. The van der Waals surface area contributed by atoms with Crippen LogP contribution in [0.15, 0.2) is 10.6 Å². The Labute approximate surface area is 70.9 Å². The topological polar surface area (TPSA) is 37.3 Å². The van der Waals surface area contributed by atoms with Crippen LogP contribution in [0.3, 0.4) is 0 Å². The van der Waals surface area contributed by atoms with Crippen molar-refractivity contribution >= 4 is 17.6 Å². The molecule has 0 spiro atoms. The summed E-state index contributed by atoms with van der Waals surface area (Å²) in [7, 11) is 0. The Morgan fingerprint density at radius 1 is 1.82 bits per heavy atom. The lowest BCUT2D eigenvalue weighted by Gasteiger charge is -2.03. The first-order chi connectivity index (χ1) is 5.16. The number of allylic oxidation sites excluding steroid dienone is 1. The number of rotatable bonds is 2. The van der Waals surface area contributed by atoms with Gasteiger partial charge >= 0.3 is 5.97 Å². The molecule has 0 saturated heterocycles. The third kappa shape index (κ3) is 1.56. The molecule has 1 atom stereocenters. The Hall–Kier alpha value is -0.500. The number of carbonyl (C=O) groups is 1. The molecule has 0 aromatic rings. The first-order valence-corrected chi connectivity index (χ1v) is 4.16. The van der Waals surface area contributed by atoms with E-state index in [1.165, 1.54) is 0 Å². The monoisotopic (exact) mass is 174 g/mol. The molecule has 0 bridgehead atoms. The molecule has 0 aliphatic heterocycles. The van der Waals surface area contributed by atoms with E-state index in [1.54, 1.807) is 0 Å². The molecule has 0 heterocycles. The van der Waals surface area contributed by atoms with Gasteiger partial charge in [-0.1, -0.05) is 18.5 Å². The summed E-state index contributed by atoms with van der Waals surface area (Å²) >= 11 is 5.84. The van der Waals surface area contributed by atoms with Gasteiger partial charge in [-0.05, 0) is 25.2 Å². The molecule has 0 fully saturated rings. The zero-order valence-electron chi connectivity index (χ0n) is 6.43. The van der Waals surface area contributed by atoms with Crippen LogP contribution in [0.2, 0.25) is 0 Å². The highest BCUT2D eigenvalue weighted by Crippen LogP contribution is 2.36. The standard InChI is InChI=1S/C8H11ClO2/c1-2-5-3-4-6(7(5)9)8(10)11/h5H,2-4H2,1H3,(H,10,11). The predicted octanol–water partition coefficient (Wildman–Crippen LogP) is 2.38. The maximum absolute atomic E-state index is 10.5. The van der Waals surface area contributed by atoms with Crippen LogP contribution < -0.4 is 0 Å². The molecule has 0 aromatic heterocycles. The molecule has 0 saturated carbocycles. The molecule has 3 heteroatoms. The molecular formula is C8H11ClO2. The summed E-state index contributed by atoms with van der Waals surface area (Å²) in [5.41, 5.74) is 0.415. The average molecular weight is 175 g/mol. The van der Waals surface area contributed by atoms with Crippen molar-refractivity contribution < 1.29 is 9.90 Å². The van der Waals surface area contributed by atoms with E-state index in [4.69, 9.17) is 16.7 Å². The van der Waals surface area contributed by atoms with E-state index >= 15 is 0 Å². The molecule has 1 aliphatic rings. The molecular weight excluding hydrogens is 164 g/mol. The first kappa shape index (κ1) is 8.60.